The highest BCUT2D eigenvalue weighted by molar-refractivity contribution is 5.68. The van der Waals surface area contributed by atoms with Crippen LogP contribution in [0.3, 0.4) is 0 Å². The second kappa shape index (κ2) is 6.05. The number of benzene rings is 1. The number of aryl methyl sites for hydroxylation is 1. The summed E-state index contributed by atoms with van der Waals surface area (Å²) in [5.74, 6) is 0.707. The van der Waals surface area contributed by atoms with Crippen LogP contribution in [-0.2, 0) is 6.42 Å². The van der Waals surface area contributed by atoms with Crippen molar-refractivity contribution < 1.29 is 0 Å². The van der Waals surface area contributed by atoms with Gasteiger partial charge in [0.05, 0.1) is 5.69 Å². The molecule has 0 fully saturated rings. The van der Waals surface area contributed by atoms with E-state index in [1.165, 1.54) is 18.4 Å². The Morgan fingerprint density at radius 2 is 1.94 bits per heavy atom. The van der Waals surface area contributed by atoms with Crippen LogP contribution in [0.1, 0.15) is 25.3 Å². The minimum absolute atomic E-state index is 0.660. The number of hydrogen-bond acceptors (Lipinski definition) is 3. The molecule has 0 radical (unpaired) electrons. The Kier molecular flexibility index (Phi) is 4.18. The van der Waals surface area contributed by atoms with Crippen molar-refractivity contribution in [2.75, 3.05) is 11.1 Å². The number of pyridine rings is 1. The lowest BCUT2D eigenvalue weighted by molar-refractivity contribution is 0.795. The molecule has 18 heavy (non-hydrogen) atoms. The molecule has 1 aromatic heterocycles. The predicted molar refractivity (Wildman–Crippen MR) is 77.0 cm³/mol. The van der Waals surface area contributed by atoms with E-state index in [9.17, 15) is 0 Å². The van der Waals surface area contributed by atoms with Gasteiger partial charge in [0.1, 0.15) is 0 Å². The predicted octanol–water partition coefficient (Wildman–Crippen LogP) is 3.75. The first kappa shape index (κ1) is 12.4. The van der Waals surface area contributed by atoms with E-state index in [-0.39, 0.29) is 0 Å². The van der Waals surface area contributed by atoms with Gasteiger partial charge in [0.25, 0.3) is 0 Å². The summed E-state index contributed by atoms with van der Waals surface area (Å²) < 4.78 is 0. The molecular weight excluding hydrogens is 222 g/mol. The van der Waals surface area contributed by atoms with E-state index < -0.39 is 0 Å². The van der Waals surface area contributed by atoms with E-state index in [1.807, 2.05) is 12.1 Å². The third kappa shape index (κ3) is 3.23. The van der Waals surface area contributed by atoms with Crippen LogP contribution in [0.5, 0.6) is 0 Å². The maximum absolute atomic E-state index is 5.84. The van der Waals surface area contributed by atoms with Crippen LogP contribution in [0, 0.1) is 0 Å². The molecule has 0 aliphatic rings. The van der Waals surface area contributed by atoms with Crippen LogP contribution >= 0.6 is 0 Å². The van der Waals surface area contributed by atoms with Gasteiger partial charge in [-0.05, 0) is 42.7 Å². The maximum atomic E-state index is 5.84. The average molecular weight is 241 g/mol. The highest BCUT2D eigenvalue weighted by Gasteiger charge is 2.00. The van der Waals surface area contributed by atoms with Crippen LogP contribution in [0.15, 0.2) is 42.6 Å². The Morgan fingerprint density at radius 1 is 1.17 bits per heavy atom. The summed E-state index contributed by atoms with van der Waals surface area (Å²) >= 11 is 0. The number of rotatable bonds is 5. The van der Waals surface area contributed by atoms with E-state index in [0.29, 0.717) is 11.5 Å². The van der Waals surface area contributed by atoms with E-state index >= 15 is 0 Å². The van der Waals surface area contributed by atoms with Crippen LogP contribution in [0.2, 0.25) is 0 Å². The lowest BCUT2D eigenvalue weighted by Gasteiger charge is -2.08. The molecule has 0 saturated carbocycles. The smallest absolute Gasteiger partial charge is 0.153 e. The summed E-state index contributed by atoms with van der Waals surface area (Å²) in [4.78, 5) is 4.21. The molecule has 0 amide bonds. The van der Waals surface area contributed by atoms with Gasteiger partial charge < -0.3 is 11.1 Å². The van der Waals surface area contributed by atoms with E-state index in [0.717, 1.165) is 12.1 Å². The summed E-state index contributed by atoms with van der Waals surface area (Å²) in [6.07, 6.45) is 5.33. The fraction of sp³-hybridized carbons (Fsp3) is 0.267. The molecule has 3 nitrogen and oxygen atoms in total. The van der Waals surface area contributed by atoms with Gasteiger partial charge >= 0.3 is 0 Å². The SMILES string of the molecule is CCCCc1ccc(Nc2ncccc2N)cc1. The second-order valence-corrected chi connectivity index (χ2v) is 4.37. The van der Waals surface area contributed by atoms with Crippen LogP contribution in [0.4, 0.5) is 17.2 Å². The largest absolute Gasteiger partial charge is 0.396 e. The zero-order valence-electron chi connectivity index (χ0n) is 10.7. The van der Waals surface area contributed by atoms with Gasteiger partial charge in [0.2, 0.25) is 0 Å². The van der Waals surface area contributed by atoms with Gasteiger partial charge in [-0.25, -0.2) is 4.98 Å². The molecule has 3 N–H and O–H groups in total. The number of nitrogens with two attached hydrogens (primary N) is 1. The number of hydrogen-bond donors (Lipinski definition) is 2. The summed E-state index contributed by atoms with van der Waals surface area (Å²) in [5.41, 5.74) is 8.88. The molecule has 0 spiro atoms. The molecule has 2 aromatic rings. The molecule has 0 aliphatic heterocycles. The standard InChI is InChI=1S/C15H19N3/c1-2-3-5-12-7-9-13(10-8-12)18-15-14(16)6-4-11-17-15/h4,6-11H,2-3,5,16H2,1H3,(H,17,18). The van der Waals surface area contributed by atoms with Crippen molar-refractivity contribution in [3.63, 3.8) is 0 Å². The molecule has 0 unspecified atom stereocenters. The Labute approximate surface area is 108 Å². The lowest BCUT2D eigenvalue weighted by atomic mass is 10.1. The number of nitrogen functional groups attached to an aromatic ring is 1. The quantitative estimate of drug-likeness (QED) is 0.838. The summed E-state index contributed by atoms with van der Waals surface area (Å²) in [6.45, 7) is 2.21. The van der Waals surface area contributed by atoms with Gasteiger partial charge in [-0.3, -0.25) is 0 Å². The Bertz CT molecular complexity index is 491. The highest BCUT2D eigenvalue weighted by atomic mass is 15.0. The first-order chi connectivity index (χ1) is 8.79. The first-order valence-corrected chi connectivity index (χ1v) is 6.36. The Morgan fingerprint density at radius 3 is 2.61 bits per heavy atom. The van der Waals surface area contributed by atoms with Crippen molar-refractivity contribution >= 4 is 17.2 Å². The van der Waals surface area contributed by atoms with Gasteiger partial charge in [-0.15, -0.1) is 0 Å². The third-order valence-electron chi connectivity index (χ3n) is 2.87. The topological polar surface area (TPSA) is 50.9 Å². The molecule has 0 atom stereocenters. The van der Waals surface area contributed by atoms with Gasteiger partial charge in [-0.1, -0.05) is 25.5 Å². The third-order valence-corrected chi connectivity index (χ3v) is 2.87. The Balaban J connectivity index is 2.04. The fourth-order valence-electron chi connectivity index (χ4n) is 1.79. The Hall–Kier alpha value is -2.03. The number of nitrogens with one attached hydrogen (secondary N) is 1. The number of unbranched alkanes of at least 4 members (excludes halogenated alkanes) is 1. The van der Waals surface area contributed by atoms with E-state index in [4.69, 9.17) is 5.73 Å². The molecule has 94 valence electrons. The lowest BCUT2D eigenvalue weighted by Crippen LogP contribution is -1.98. The van der Waals surface area contributed by atoms with Crippen molar-refractivity contribution in [2.24, 2.45) is 0 Å². The van der Waals surface area contributed by atoms with Gasteiger partial charge in [0, 0.05) is 11.9 Å². The number of nitrogens with zero attached hydrogens (tertiary/aromatic N) is 1. The summed E-state index contributed by atoms with van der Waals surface area (Å²) in [6, 6.07) is 12.1. The first-order valence-electron chi connectivity index (χ1n) is 6.36. The molecule has 1 aromatic carbocycles. The molecule has 0 aliphatic carbocycles. The van der Waals surface area contributed by atoms with Crippen molar-refractivity contribution in [2.45, 2.75) is 26.2 Å². The molecule has 3 heteroatoms. The normalized spacial score (nSPS) is 10.3. The monoisotopic (exact) mass is 241 g/mol. The zero-order valence-corrected chi connectivity index (χ0v) is 10.7. The maximum Gasteiger partial charge on any atom is 0.153 e. The molecule has 0 saturated heterocycles. The van der Waals surface area contributed by atoms with Crippen LogP contribution < -0.4 is 11.1 Å². The van der Waals surface area contributed by atoms with E-state index in [1.54, 1.807) is 6.20 Å². The van der Waals surface area contributed by atoms with Crippen molar-refractivity contribution in [3.8, 4) is 0 Å². The molecular formula is C15H19N3. The summed E-state index contributed by atoms with van der Waals surface area (Å²) in [7, 11) is 0. The number of anilines is 3. The fourth-order valence-corrected chi connectivity index (χ4v) is 1.79. The molecule has 1 heterocycles. The molecule has 2 rings (SSSR count). The molecule has 0 bridgehead atoms. The van der Waals surface area contributed by atoms with Crippen molar-refractivity contribution in [3.05, 3.63) is 48.2 Å². The second-order valence-electron chi connectivity index (χ2n) is 4.37. The van der Waals surface area contributed by atoms with Gasteiger partial charge in [-0.2, -0.15) is 0 Å². The minimum Gasteiger partial charge on any atom is -0.396 e. The highest BCUT2D eigenvalue weighted by Crippen LogP contribution is 2.20. The van der Waals surface area contributed by atoms with Crippen molar-refractivity contribution in [1.29, 1.82) is 0 Å². The number of aromatic nitrogens is 1. The zero-order chi connectivity index (χ0) is 12.8. The van der Waals surface area contributed by atoms with Gasteiger partial charge in [0.15, 0.2) is 5.82 Å². The summed E-state index contributed by atoms with van der Waals surface area (Å²) in [5, 5.41) is 3.22. The van der Waals surface area contributed by atoms with Crippen LogP contribution in [0.25, 0.3) is 0 Å². The van der Waals surface area contributed by atoms with E-state index in [2.05, 4.69) is 41.5 Å². The average Bonchev–Trinajstić information content (AvgIpc) is 2.41. The van der Waals surface area contributed by atoms with Crippen LogP contribution in [-0.4, -0.2) is 4.98 Å². The minimum atomic E-state index is 0.660. The van der Waals surface area contributed by atoms with Crippen molar-refractivity contribution in [1.82, 2.24) is 4.98 Å².